The van der Waals surface area contributed by atoms with Crippen LogP contribution in [-0.4, -0.2) is 74.0 Å². The number of amides is 1. The van der Waals surface area contributed by atoms with Crippen LogP contribution in [0.5, 0.6) is 0 Å². The Morgan fingerprint density at radius 2 is 2.07 bits per heavy atom. The Bertz CT molecular complexity index is 1220. The van der Waals surface area contributed by atoms with Crippen molar-refractivity contribution in [1.29, 1.82) is 0 Å². The summed E-state index contributed by atoms with van der Waals surface area (Å²) in [6.07, 6.45) is 2.95. The third-order valence-corrected chi connectivity index (χ3v) is 8.55. The van der Waals surface area contributed by atoms with Gasteiger partial charge in [-0.1, -0.05) is 6.92 Å². The van der Waals surface area contributed by atoms with E-state index in [0.717, 1.165) is 17.6 Å². The summed E-state index contributed by atoms with van der Waals surface area (Å²) in [4.78, 5) is 30.4. The fourth-order valence-corrected chi connectivity index (χ4v) is 7.43. The molecule has 2 aromatic heterocycles. The molecule has 162 valence electrons. The predicted molar refractivity (Wildman–Crippen MR) is 108 cm³/mol. The Kier molecular flexibility index (Phi) is 4.82. The summed E-state index contributed by atoms with van der Waals surface area (Å²) in [5.74, 6) is -2.84. The molecule has 2 N–H and O–H groups in total. The maximum absolute atomic E-state index is 12.5. The SMILES string of the molecule is C[C@@H](O)[C@H]1C(=O)N2C(C(=O)O)=C(c3cn4c([S+](C)[O-])nc(S(C)(=O)=O)c4s3)[C@H](C)[C@H]12. The molecule has 1 unspecified atom stereocenters. The first kappa shape index (κ1) is 21.3. The molecular formula is C17H19N3O7S3. The molecule has 0 radical (unpaired) electrons. The molecule has 1 amide bonds. The number of aliphatic hydroxyl groups is 1. The molecular weight excluding hydrogens is 454 g/mol. The van der Waals surface area contributed by atoms with Crippen molar-refractivity contribution >= 4 is 54.6 Å². The first-order valence-corrected chi connectivity index (χ1v) is 13.2. The number of carbonyl (C=O) groups excluding carboxylic acids is 1. The normalized spacial score (nSPS) is 26.1. The van der Waals surface area contributed by atoms with E-state index in [-0.39, 0.29) is 20.7 Å². The number of aromatic nitrogens is 2. The Balaban J connectivity index is 1.94. The van der Waals surface area contributed by atoms with Gasteiger partial charge < -0.3 is 19.7 Å². The summed E-state index contributed by atoms with van der Waals surface area (Å²) in [6, 6.07) is -0.493. The zero-order chi connectivity index (χ0) is 22.3. The molecule has 1 fully saturated rings. The van der Waals surface area contributed by atoms with Crippen LogP contribution < -0.4 is 0 Å². The highest BCUT2D eigenvalue weighted by molar-refractivity contribution is 7.91. The van der Waals surface area contributed by atoms with E-state index in [1.807, 2.05) is 0 Å². The second-order valence-electron chi connectivity index (χ2n) is 7.52. The molecule has 2 aliphatic rings. The number of aliphatic carboxylic acids is 1. The number of nitrogens with zero attached hydrogens (tertiary/aromatic N) is 3. The summed E-state index contributed by atoms with van der Waals surface area (Å²) >= 11 is -0.568. The number of carbonyl (C=O) groups is 2. The maximum Gasteiger partial charge on any atom is 0.352 e. The molecule has 5 atom stereocenters. The number of fused-ring (bicyclic) bond motifs is 2. The zero-order valence-corrected chi connectivity index (χ0v) is 18.8. The van der Waals surface area contributed by atoms with Crippen LogP contribution in [0.1, 0.15) is 18.7 Å². The van der Waals surface area contributed by atoms with E-state index in [2.05, 4.69) is 4.98 Å². The molecule has 4 rings (SSSR count). The van der Waals surface area contributed by atoms with Crippen LogP contribution in [0, 0.1) is 11.8 Å². The smallest absolute Gasteiger partial charge is 0.352 e. The minimum atomic E-state index is -3.72. The van der Waals surface area contributed by atoms with Gasteiger partial charge in [-0.2, -0.15) is 4.98 Å². The second-order valence-corrected chi connectivity index (χ2v) is 11.8. The number of aliphatic hydroxyl groups excluding tert-OH is 1. The van der Waals surface area contributed by atoms with Crippen molar-refractivity contribution in [1.82, 2.24) is 14.3 Å². The molecule has 0 bridgehead atoms. The minimum Gasteiger partial charge on any atom is -0.609 e. The third kappa shape index (κ3) is 2.83. The molecule has 0 aliphatic carbocycles. The Labute approximate surface area is 178 Å². The summed E-state index contributed by atoms with van der Waals surface area (Å²) < 4.78 is 37.8. The van der Waals surface area contributed by atoms with Crippen LogP contribution in [0.25, 0.3) is 10.4 Å². The van der Waals surface area contributed by atoms with E-state index >= 15 is 0 Å². The van der Waals surface area contributed by atoms with Crippen LogP contribution in [0.4, 0.5) is 0 Å². The Morgan fingerprint density at radius 1 is 1.43 bits per heavy atom. The van der Waals surface area contributed by atoms with Gasteiger partial charge in [0.2, 0.25) is 5.91 Å². The molecule has 2 aliphatic heterocycles. The van der Waals surface area contributed by atoms with Gasteiger partial charge in [-0.3, -0.25) is 4.79 Å². The van der Waals surface area contributed by atoms with E-state index in [1.54, 1.807) is 6.92 Å². The quantitative estimate of drug-likeness (QED) is 0.461. The maximum atomic E-state index is 12.5. The van der Waals surface area contributed by atoms with Crippen LogP contribution in [0.3, 0.4) is 0 Å². The summed E-state index contributed by atoms with van der Waals surface area (Å²) in [6.45, 7) is 3.27. The number of hydrogen-bond donors (Lipinski definition) is 2. The molecule has 13 heteroatoms. The van der Waals surface area contributed by atoms with E-state index in [9.17, 15) is 32.8 Å². The highest BCUT2D eigenvalue weighted by Gasteiger charge is 2.60. The fraction of sp³-hybridized carbons (Fsp3) is 0.471. The number of hydrogen-bond acceptors (Lipinski definition) is 8. The molecule has 4 heterocycles. The van der Waals surface area contributed by atoms with Crippen molar-refractivity contribution in [3.05, 3.63) is 16.8 Å². The average Bonchev–Trinajstić information content (AvgIpc) is 3.21. The molecule has 10 nitrogen and oxygen atoms in total. The standard InChI is InChI=1S/C17H19N3O7S3/c1-6-9(12(16(23)24)20-11(6)10(7(2)21)14(20)22)8-5-19-15(28-8)13(30(4,26)27)18-17(19)29(3)25/h5-7,10-11,21H,1-4H3,(H,23,24)/t6-,7+,10+,11+,29?/m0/s1. The first-order valence-electron chi connectivity index (χ1n) is 8.90. The van der Waals surface area contributed by atoms with Gasteiger partial charge in [-0.25, -0.2) is 17.6 Å². The number of sulfone groups is 1. The van der Waals surface area contributed by atoms with Gasteiger partial charge in [-0.15, -0.1) is 11.3 Å². The number of carboxylic acid groups (broad SMARTS) is 1. The summed E-state index contributed by atoms with van der Waals surface area (Å²) in [5.41, 5.74) is 0.205. The number of rotatable bonds is 5. The van der Waals surface area contributed by atoms with E-state index in [4.69, 9.17) is 0 Å². The highest BCUT2D eigenvalue weighted by atomic mass is 32.2. The molecule has 1 saturated heterocycles. The molecule has 30 heavy (non-hydrogen) atoms. The highest BCUT2D eigenvalue weighted by Crippen LogP contribution is 2.51. The van der Waals surface area contributed by atoms with Gasteiger partial charge in [0.15, 0.2) is 14.9 Å². The third-order valence-electron chi connectivity index (χ3n) is 5.51. The Hall–Kier alpha value is -1.93. The topological polar surface area (TPSA) is 152 Å². The van der Waals surface area contributed by atoms with Gasteiger partial charge in [0.1, 0.15) is 16.8 Å². The lowest BCUT2D eigenvalue weighted by Crippen LogP contribution is -2.63. The predicted octanol–water partition coefficient (Wildman–Crippen LogP) is 0.190. The number of β-lactam (4-membered cyclic amide) rings is 1. The largest absolute Gasteiger partial charge is 0.609 e. The van der Waals surface area contributed by atoms with Gasteiger partial charge in [0.05, 0.1) is 22.9 Å². The number of thiazole rings is 1. The van der Waals surface area contributed by atoms with Gasteiger partial charge in [-0.05, 0) is 6.92 Å². The van der Waals surface area contributed by atoms with Crippen LogP contribution in [0.2, 0.25) is 0 Å². The van der Waals surface area contributed by atoms with Crippen LogP contribution >= 0.6 is 11.3 Å². The second kappa shape index (κ2) is 6.79. The van der Waals surface area contributed by atoms with Gasteiger partial charge in [0.25, 0.3) is 0 Å². The molecule has 0 spiro atoms. The molecule has 0 saturated carbocycles. The Morgan fingerprint density at radius 3 is 2.57 bits per heavy atom. The van der Waals surface area contributed by atoms with Crippen LogP contribution in [0.15, 0.2) is 22.1 Å². The van der Waals surface area contributed by atoms with Gasteiger partial charge in [0, 0.05) is 35.1 Å². The lowest BCUT2D eigenvalue weighted by atomic mass is 9.77. The molecule has 0 aromatic carbocycles. The van der Waals surface area contributed by atoms with Crippen LogP contribution in [-0.2, 0) is 30.6 Å². The molecule has 2 aromatic rings. The van der Waals surface area contributed by atoms with Crippen molar-refractivity contribution in [3.63, 3.8) is 0 Å². The lowest BCUT2D eigenvalue weighted by molar-refractivity contribution is -0.163. The monoisotopic (exact) mass is 473 g/mol. The number of carboxylic acids is 1. The minimum absolute atomic E-state index is 0.0391. The van der Waals surface area contributed by atoms with Crippen molar-refractivity contribution in [2.24, 2.45) is 11.8 Å². The number of imidazole rings is 1. The van der Waals surface area contributed by atoms with Crippen molar-refractivity contribution < 1.29 is 32.8 Å². The zero-order valence-electron chi connectivity index (χ0n) is 16.4. The van der Waals surface area contributed by atoms with E-state index in [1.165, 1.54) is 28.7 Å². The fourth-order valence-electron chi connectivity index (χ4n) is 4.29. The average molecular weight is 474 g/mol. The first-order chi connectivity index (χ1) is 13.9. The van der Waals surface area contributed by atoms with E-state index < -0.39 is 56.9 Å². The van der Waals surface area contributed by atoms with Crippen molar-refractivity contribution in [2.75, 3.05) is 12.5 Å². The van der Waals surface area contributed by atoms with Gasteiger partial charge >= 0.3 is 11.1 Å². The summed E-state index contributed by atoms with van der Waals surface area (Å²) in [7, 11) is -3.72. The van der Waals surface area contributed by atoms with Crippen molar-refractivity contribution in [3.8, 4) is 0 Å². The van der Waals surface area contributed by atoms with E-state index in [0.29, 0.717) is 10.5 Å². The lowest BCUT2D eigenvalue weighted by Gasteiger charge is -2.46. The summed E-state index contributed by atoms with van der Waals surface area (Å²) in [5, 5.41) is 19.6. The van der Waals surface area contributed by atoms with Crippen molar-refractivity contribution in [2.45, 2.75) is 36.2 Å².